The molecule has 0 unspecified atom stereocenters. The topological polar surface area (TPSA) is 203 Å². The fourth-order valence-electron chi connectivity index (χ4n) is 5.04. The van der Waals surface area contributed by atoms with Crippen LogP contribution >= 0.6 is 79.6 Å². The minimum absolute atomic E-state index is 0.00238. The zero-order chi connectivity index (χ0) is 37.7. The maximum absolute atomic E-state index is 13.0. The van der Waals surface area contributed by atoms with Gasteiger partial charge in [0.15, 0.2) is 28.7 Å². The first kappa shape index (κ1) is 39.5. The first-order valence-corrected chi connectivity index (χ1v) is 19.1. The Balaban J connectivity index is 1.49. The van der Waals surface area contributed by atoms with Gasteiger partial charge in [-0.05, 0) is 157 Å². The molecular formula is C34H27Br5N4O9. The third-order valence-electron chi connectivity index (χ3n) is 7.67. The molecule has 0 fully saturated rings. The minimum Gasteiger partial charge on any atom is -0.503 e. The molecule has 2 amide bonds. The molecule has 52 heavy (non-hydrogen) atoms. The molecule has 0 aliphatic carbocycles. The number of ether oxygens (including phenoxy) is 2. The summed E-state index contributed by atoms with van der Waals surface area (Å²) < 4.78 is 13.9. The van der Waals surface area contributed by atoms with E-state index in [1.807, 2.05) is 0 Å². The molecule has 1 atom stereocenters. The highest BCUT2D eigenvalue weighted by Crippen LogP contribution is 2.44. The first-order valence-electron chi connectivity index (χ1n) is 15.1. The van der Waals surface area contributed by atoms with Gasteiger partial charge in [-0.15, -0.1) is 0 Å². The van der Waals surface area contributed by atoms with Gasteiger partial charge in [0.05, 0.1) is 28.5 Å². The molecule has 0 aromatic heterocycles. The maximum atomic E-state index is 13.0. The number of halogens is 5. The third kappa shape index (κ3) is 9.45. The summed E-state index contributed by atoms with van der Waals surface area (Å²) in [5.74, 6) is -1.06. The van der Waals surface area contributed by atoms with Crippen molar-refractivity contribution in [2.24, 2.45) is 10.3 Å². The molecule has 4 aromatic carbocycles. The van der Waals surface area contributed by atoms with E-state index in [9.17, 15) is 35.3 Å². The number of phenols is 2. The highest BCUT2D eigenvalue weighted by molar-refractivity contribution is 9.11. The van der Waals surface area contributed by atoms with Gasteiger partial charge in [-0.3, -0.25) is 9.59 Å². The number of aliphatic hydroxyl groups is 1. The van der Waals surface area contributed by atoms with Gasteiger partial charge < -0.3 is 45.8 Å². The van der Waals surface area contributed by atoms with Gasteiger partial charge in [-0.25, -0.2) is 0 Å². The van der Waals surface area contributed by atoms with Gasteiger partial charge in [-0.1, -0.05) is 16.4 Å². The summed E-state index contributed by atoms with van der Waals surface area (Å²) in [6, 6.07) is 14.3. The molecule has 4 aliphatic rings. The van der Waals surface area contributed by atoms with Crippen LogP contribution in [0.4, 0.5) is 0 Å². The van der Waals surface area contributed by atoms with Crippen LogP contribution < -0.4 is 20.1 Å². The van der Waals surface area contributed by atoms with Crippen molar-refractivity contribution in [2.45, 2.75) is 25.4 Å². The van der Waals surface area contributed by atoms with Crippen LogP contribution in [0.3, 0.4) is 0 Å². The Hall–Kier alpha value is -3.68. The van der Waals surface area contributed by atoms with Crippen LogP contribution in [0.25, 0.3) is 0 Å². The Morgan fingerprint density at radius 2 is 1.15 bits per heavy atom. The fourth-order valence-corrected chi connectivity index (χ4v) is 7.94. The Morgan fingerprint density at radius 3 is 1.75 bits per heavy atom. The van der Waals surface area contributed by atoms with Gasteiger partial charge in [0.1, 0.15) is 17.2 Å². The van der Waals surface area contributed by atoms with Crippen molar-refractivity contribution in [3.63, 3.8) is 0 Å². The number of phenolic OH excluding ortho intramolecular Hbond substituents is 2. The summed E-state index contributed by atoms with van der Waals surface area (Å²) in [7, 11) is 0. The van der Waals surface area contributed by atoms with Crippen LogP contribution in [0.15, 0.2) is 87.3 Å². The normalized spacial score (nSPS) is 17.5. The van der Waals surface area contributed by atoms with Crippen LogP contribution in [-0.2, 0) is 28.9 Å². The lowest BCUT2D eigenvalue weighted by atomic mass is 10.1. The van der Waals surface area contributed by atoms with Crippen molar-refractivity contribution in [3.05, 3.63) is 99.2 Å². The van der Waals surface area contributed by atoms with Gasteiger partial charge in [0, 0.05) is 25.9 Å². The van der Waals surface area contributed by atoms with Crippen molar-refractivity contribution < 1.29 is 44.8 Å². The highest BCUT2D eigenvalue weighted by Gasteiger charge is 2.22. The van der Waals surface area contributed by atoms with E-state index >= 15 is 0 Å². The van der Waals surface area contributed by atoms with Crippen molar-refractivity contribution in [1.29, 1.82) is 0 Å². The van der Waals surface area contributed by atoms with Crippen LogP contribution in [0.1, 0.15) is 28.4 Å². The fraction of sp³-hybridized carbons (Fsp3) is 0.176. The van der Waals surface area contributed by atoms with Gasteiger partial charge in [-0.2, -0.15) is 0 Å². The van der Waals surface area contributed by atoms with Crippen LogP contribution in [-0.4, -0.2) is 62.1 Å². The number of rotatable bonds is 0. The lowest BCUT2D eigenvalue weighted by Gasteiger charge is -2.17. The number of hydrogen-bond acceptors (Lipinski definition) is 11. The number of nitrogens with one attached hydrogen (secondary N) is 2. The molecule has 8 rings (SSSR count). The summed E-state index contributed by atoms with van der Waals surface area (Å²) >= 11 is 17.0. The quantitative estimate of drug-likeness (QED) is 0.0679. The average Bonchev–Trinajstić information content (AvgIpc) is 3.10. The minimum atomic E-state index is -1.16. The molecule has 4 aromatic rings. The van der Waals surface area contributed by atoms with E-state index in [0.717, 1.165) is 0 Å². The number of hydrogen-bond donors (Lipinski definition) is 7. The van der Waals surface area contributed by atoms with E-state index in [4.69, 9.17) is 9.47 Å². The summed E-state index contributed by atoms with van der Waals surface area (Å²) in [5.41, 5.74) is 1.69. The lowest BCUT2D eigenvalue weighted by Crippen LogP contribution is -2.35. The average molecular weight is 1040 g/mol. The standard InChI is InChI=1S/C34H27Br5N4O9/c35-19-13-18-1-2-27(19)51-28-11-15(5-20(36)30(28)45)3-4-40-33(47)24(42-49)9-16-7-22(38)32(23(39)8-16)52-29-12-17(6-21(37)31(29)46)10-25(43-50)34(48)41-14-26(18)44/h1-2,5-8,11-13,26,44-46,49-50H,3-4,9-10,14H2,(H,40,47)(H,41,48)/t26-/m1/s1. The zero-order valence-corrected chi connectivity index (χ0v) is 34.4. The van der Waals surface area contributed by atoms with Crippen molar-refractivity contribution in [1.82, 2.24) is 10.6 Å². The molecule has 0 saturated carbocycles. The predicted octanol–water partition coefficient (Wildman–Crippen LogP) is 7.76. The molecule has 4 aliphatic heterocycles. The number of oxime groups is 2. The van der Waals surface area contributed by atoms with E-state index in [-0.39, 0.29) is 70.6 Å². The number of carbonyl (C=O) groups is 2. The highest BCUT2D eigenvalue weighted by atomic mass is 79.9. The monoisotopic (exact) mass is 1030 g/mol. The number of benzene rings is 4. The van der Waals surface area contributed by atoms with Crippen LogP contribution in [0, 0.1) is 0 Å². The van der Waals surface area contributed by atoms with Gasteiger partial charge >= 0.3 is 0 Å². The smallest absolute Gasteiger partial charge is 0.269 e. The summed E-state index contributed by atoms with van der Waals surface area (Å²) in [5, 5.41) is 63.5. The second kappa shape index (κ2) is 17.4. The molecule has 8 bridgehead atoms. The molecule has 0 saturated heterocycles. The summed E-state index contributed by atoms with van der Waals surface area (Å²) in [6.45, 7) is -0.0700. The molecule has 7 N–H and O–H groups in total. The molecule has 0 radical (unpaired) electrons. The summed E-state index contributed by atoms with van der Waals surface area (Å²) in [4.78, 5) is 26.0. The predicted molar refractivity (Wildman–Crippen MR) is 208 cm³/mol. The number of amides is 2. The Kier molecular flexibility index (Phi) is 13.2. The number of nitrogens with zero attached hydrogens (tertiary/aromatic N) is 2. The lowest BCUT2D eigenvalue weighted by molar-refractivity contribution is -0.116. The molecule has 0 spiro atoms. The van der Waals surface area contributed by atoms with E-state index in [2.05, 4.69) is 101 Å². The van der Waals surface area contributed by atoms with Gasteiger partial charge in [0.2, 0.25) is 0 Å². The van der Waals surface area contributed by atoms with E-state index in [1.165, 1.54) is 12.1 Å². The molecule has 4 heterocycles. The van der Waals surface area contributed by atoms with Crippen molar-refractivity contribution in [3.8, 4) is 34.5 Å². The van der Waals surface area contributed by atoms with E-state index < -0.39 is 17.9 Å². The Morgan fingerprint density at radius 1 is 0.635 bits per heavy atom. The SMILES string of the molecule is O=C1NCCc2cc(Br)c(O)c(c2)Oc2ccc(cc2Br)[C@H](O)CNC(=O)C(=NO)Cc2cc(Br)c(O)c(c2)Oc2c(Br)cc(cc2Br)CC1=NO. The number of aromatic hydroxyl groups is 2. The van der Waals surface area contributed by atoms with Crippen LogP contribution in [0.5, 0.6) is 34.5 Å². The largest absolute Gasteiger partial charge is 0.503 e. The van der Waals surface area contributed by atoms with E-state index in [0.29, 0.717) is 52.3 Å². The maximum Gasteiger partial charge on any atom is 0.269 e. The zero-order valence-electron chi connectivity index (χ0n) is 26.5. The van der Waals surface area contributed by atoms with Crippen LogP contribution in [0.2, 0.25) is 0 Å². The van der Waals surface area contributed by atoms with Crippen molar-refractivity contribution in [2.75, 3.05) is 13.1 Å². The Labute approximate surface area is 338 Å². The third-order valence-corrected chi connectivity index (χ3v) is 10.7. The second-order valence-electron chi connectivity index (χ2n) is 11.3. The van der Waals surface area contributed by atoms with E-state index in [1.54, 1.807) is 42.5 Å². The van der Waals surface area contributed by atoms with Gasteiger partial charge in [0.25, 0.3) is 11.8 Å². The molecule has 18 heteroatoms. The van der Waals surface area contributed by atoms with Crippen molar-refractivity contribution >= 4 is 103 Å². The number of carbonyl (C=O) groups excluding carboxylic acids is 2. The molecular weight excluding hydrogens is 1010 g/mol. The second-order valence-corrected chi connectivity index (χ2v) is 15.6. The summed E-state index contributed by atoms with van der Waals surface area (Å²) in [6.07, 6.45) is -1.06. The first-order chi connectivity index (χ1) is 24.8. The molecule has 13 nitrogen and oxygen atoms in total. The Bertz CT molecular complexity index is 2090. The molecule has 272 valence electrons. The number of aliphatic hydroxyl groups excluding tert-OH is 1.